The Labute approximate surface area is 105 Å². The van der Waals surface area contributed by atoms with Gasteiger partial charge < -0.3 is 10.4 Å². The van der Waals surface area contributed by atoms with E-state index in [4.69, 9.17) is 0 Å². The summed E-state index contributed by atoms with van der Waals surface area (Å²) in [5.41, 5.74) is 1.19. The Bertz CT molecular complexity index is 621. The minimum atomic E-state index is -0.426. The van der Waals surface area contributed by atoms with Crippen LogP contribution in [0.2, 0.25) is 0 Å². The Morgan fingerprint density at radius 1 is 1.17 bits per heavy atom. The fraction of sp³-hybridized carbons (Fsp3) is 0.286. The summed E-state index contributed by atoms with van der Waals surface area (Å²) in [6.45, 7) is 3.60. The molecule has 2 N–H and O–H groups in total. The number of hydrogen-bond donors (Lipinski definition) is 2. The predicted octanol–water partition coefficient (Wildman–Crippen LogP) is 1.34. The van der Waals surface area contributed by atoms with Crippen LogP contribution in [0.1, 0.15) is 18.1 Å². The summed E-state index contributed by atoms with van der Waals surface area (Å²) in [5, 5.41) is 12.2. The SMILES string of the molecule is Cc1c(NC(C)Cc2ccc(O)cc2)c(=O)c1=O. The molecule has 4 heteroatoms. The molecule has 18 heavy (non-hydrogen) atoms. The molecule has 0 bridgehead atoms. The van der Waals surface area contributed by atoms with Gasteiger partial charge in [-0.05, 0) is 38.0 Å². The molecule has 2 aromatic carbocycles. The van der Waals surface area contributed by atoms with E-state index >= 15 is 0 Å². The van der Waals surface area contributed by atoms with Gasteiger partial charge in [-0.1, -0.05) is 12.1 Å². The normalized spacial score (nSPS) is 12.6. The second-order valence-corrected chi connectivity index (χ2v) is 4.57. The quantitative estimate of drug-likeness (QED) is 0.798. The summed E-state index contributed by atoms with van der Waals surface area (Å²) in [4.78, 5) is 22.4. The molecule has 0 aliphatic rings. The lowest BCUT2D eigenvalue weighted by Crippen LogP contribution is -2.39. The van der Waals surface area contributed by atoms with Crippen LogP contribution in [-0.4, -0.2) is 11.1 Å². The maximum atomic E-state index is 11.3. The molecule has 0 aromatic heterocycles. The van der Waals surface area contributed by atoms with Crippen LogP contribution in [0.5, 0.6) is 5.75 Å². The number of phenolic OH excluding ortho intramolecular Hbond substituents is 1. The van der Waals surface area contributed by atoms with Crippen LogP contribution in [-0.2, 0) is 6.42 Å². The molecular weight excluding hydrogens is 230 g/mol. The minimum absolute atomic E-state index is 0.0524. The standard InChI is InChI=1S/C14H15NO3/c1-8(7-10-3-5-11(16)6-4-10)15-12-9(2)13(17)14(12)18/h3-6,8,15-16H,7H2,1-2H3. The molecule has 94 valence electrons. The van der Waals surface area contributed by atoms with E-state index in [1.165, 1.54) is 0 Å². The predicted molar refractivity (Wildman–Crippen MR) is 71.0 cm³/mol. The van der Waals surface area contributed by atoms with Gasteiger partial charge in [0.15, 0.2) is 0 Å². The van der Waals surface area contributed by atoms with E-state index in [1.807, 2.05) is 19.1 Å². The summed E-state index contributed by atoms with van der Waals surface area (Å²) >= 11 is 0. The highest BCUT2D eigenvalue weighted by Crippen LogP contribution is 2.13. The molecule has 0 radical (unpaired) electrons. The van der Waals surface area contributed by atoms with E-state index in [0.717, 1.165) is 12.0 Å². The lowest BCUT2D eigenvalue weighted by Gasteiger charge is -2.17. The van der Waals surface area contributed by atoms with Gasteiger partial charge in [-0.3, -0.25) is 9.59 Å². The highest BCUT2D eigenvalue weighted by Gasteiger charge is 2.18. The lowest BCUT2D eigenvalue weighted by molar-refractivity contribution is 0.475. The van der Waals surface area contributed by atoms with E-state index < -0.39 is 10.9 Å². The first-order valence-electron chi connectivity index (χ1n) is 5.83. The first-order chi connectivity index (χ1) is 8.49. The van der Waals surface area contributed by atoms with E-state index in [-0.39, 0.29) is 11.8 Å². The van der Waals surface area contributed by atoms with Crippen molar-refractivity contribution in [2.75, 3.05) is 5.32 Å². The average molecular weight is 245 g/mol. The zero-order valence-electron chi connectivity index (χ0n) is 10.4. The van der Waals surface area contributed by atoms with Gasteiger partial charge in [0, 0.05) is 11.6 Å². The van der Waals surface area contributed by atoms with Gasteiger partial charge in [-0.15, -0.1) is 0 Å². The summed E-state index contributed by atoms with van der Waals surface area (Å²) in [6.07, 6.45) is 0.721. The first kappa shape index (κ1) is 12.4. The second-order valence-electron chi connectivity index (χ2n) is 4.57. The number of aromatic hydroxyl groups is 1. The van der Waals surface area contributed by atoms with Crippen molar-refractivity contribution in [2.45, 2.75) is 26.3 Å². The van der Waals surface area contributed by atoms with Gasteiger partial charge in [0.1, 0.15) is 5.75 Å². The Morgan fingerprint density at radius 3 is 2.33 bits per heavy atom. The van der Waals surface area contributed by atoms with Crippen LogP contribution in [0, 0.1) is 6.92 Å². The van der Waals surface area contributed by atoms with Crippen molar-refractivity contribution in [3.63, 3.8) is 0 Å². The molecule has 0 saturated heterocycles. The van der Waals surface area contributed by atoms with Crippen LogP contribution in [0.4, 0.5) is 5.69 Å². The summed E-state index contributed by atoms with van der Waals surface area (Å²) in [5.74, 6) is 0.234. The van der Waals surface area contributed by atoms with E-state index in [0.29, 0.717) is 11.3 Å². The van der Waals surface area contributed by atoms with Crippen molar-refractivity contribution in [3.8, 4) is 5.75 Å². The van der Waals surface area contributed by atoms with Crippen molar-refractivity contribution < 1.29 is 5.11 Å². The molecule has 0 saturated carbocycles. The molecule has 0 aliphatic heterocycles. The molecule has 1 unspecified atom stereocenters. The van der Waals surface area contributed by atoms with Gasteiger partial charge in [0.2, 0.25) is 10.9 Å². The monoisotopic (exact) mass is 245 g/mol. The molecular formula is C14H15NO3. The Balaban J connectivity index is 2.02. The fourth-order valence-corrected chi connectivity index (χ4v) is 1.96. The van der Waals surface area contributed by atoms with Crippen molar-refractivity contribution in [1.82, 2.24) is 0 Å². The molecule has 4 nitrogen and oxygen atoms in total. The van der Waals surface area contributed by atoms with E-state index in [1.54, 1.807) is 19.1 Å². The number of benzene rings is 1. The summed E-state index contributed by atoms with van der Waals surface area (Å²) < 4.78 is 0. The smallest absolute Gasteiger partial charge is 0.249 e. The zero-order valence-corrected chi connectivity index (χ0v) is 10.4. The van der Waals surface area contributed by atoms with Crippen LogP contribution in [0.3, 0.4) is 0 Å². The van der Waals surface area contributed by atoms with Gasteiger partial charge >= 0.3 is 0 Å². The number of anilines is 1. The van der Waals surface area contributed by atoms with Crippen molar-refractivity contribution in [3.05, 3.63) is 55.8 Å². The number of nitrogens with one attached hydrogen (secondary N) is 1. The van der Waals surface area contributed by atoms with Gasteiger partial charge in [-0.2, -0.15) is 0 Å². The molecule has 0 amide bonds. The van der Waals surface area contributed by atoms with Crippen molar-refractivity contribution in [1.29, 1.82) is 0 Å². The minimum Gasteiger partial charge on any atom is -0.508 e. The molecule has 1 atom stereocenters. The van der Waals surface area contributed by atoms with Gasteiger partial charge in [-0.25, -0.2) is 0 Å². The zero-order chi connectivity index (χ0) is 13.3. The maximum absolute atomic E-state index is 11.3. The molecule has 0 aliphatic carbocycles. The van der Waals surface area contributed by atoms with Crippen molar-refractivity contribution in [2.24, 2.45) is 0 Å². The highest BCUT2D eigenvalue weighted by molar-refractivity contribution is 5.56. The molecule has 2 rings (SSSR count). The van der Waals surface area contributed by atoms with Crippen molar-refractivity contribution >= 4 is 5.69 Å². The molecule has 0 heterocycles. The van der Waals surface area contributed by atoms with Gasteiger partial charge in [0.05, 0.1) is 5.69 Å². The molecule has 0 fully saturated rings. The number of phenols is 1. The van der Waals surface area contributed by atoms with Gasteiger partial charge in [0.25, 0.3) is 0 Å². The number of rotatable bonds is 4. The Kier molecular flexibility index (Phi) is 3.19. The maximum Gasteiger partial charge on any atom is 0.249 e. The molecule has 0 spiro atoms. The third-order valence-electron chi connectivity index (χ3n) is 3.02. The lowest BCUT2D eigenvalue weighted by atomic mass is 10.0. The largest absolute Gasteiger partial charge is 0.508 e. The summed E-state index contributed by atoms with van der Waals surface area (Å²) in [7, 11) is 0. The van der Waals surface area contributed by atoms with E-state index in [2.05, 4.69) is 5.32 Å². The van der Waals surface area contributed by atoms with Crippen LogP contribution < -0.4 is 16.2 Å². The Morgan fingerprint density at radius 2 is 1.78 bits per heavy atom. The highest BCUT2D eigenvalue weighted by atomic mass is 16.3. The first-order valence-corrected chi connectivity index (χ1v) is 5.83. The third kappa shape index (κ3) is 2.27. The summed E-state index contributed by atoms with van der Waals surface area (Å²) in [6, 6.07) is 6.98. The fourth-order valence-electron chi connectivity index (χ4n) is 1.96. The third-order valence-corrected chi connectivity index (χ3v) is 3.02. The van der Waals surface area contributed by atoms with E-state index in [9.17, 15) is 14.7 Å². The second kappa shape index (κ2) is 4.64. The van der Waals surface area contributed by atoms with Crippen LogP contribution >= 0.6 is 0 Å². The number of hydrogen-bond acceptors (Lipinski definition) is 4. The molecule has 2 aromatic rings. The topological polar surface area (TPSA) is 66.4 Å². The van der Waals surface area contributed by atoms with Crippen LogP contribution in [0.15, 0.2) is 33.9 Å². The Hall–Kier alpha value is -2.10. The average Bonchev–Trinajstić information content (AvgIpc) is 2.37. The van der Waals surface area contributed by atoms with Crippen LogP contribution in [0.25, 0.3) is 0 Å².